The Morgan fingerprint density at radius 1 is 0.929 bits per heavy atom. The van der Waals surface area contributed by atoms with E-state index < -0.39 is 0 Å². The molecule has 2 aromatic heterocycles. The van der Waals surface area contributed by atoms with Crippen molar-refractivity contribution in [2.75, 3.05) is 36.0 Å². The van der Waals surface area contributed by atoms with Crippen LogP contribution in [0.15, 0.2) is 59.3 Å². The van der Waals surface area contributed by atoms with Gasteiger partial charge in [0.15, 0.2) is 5.78 Å². The molecule has 0 N–H and O–H groups in total. The first-order valence-electron chi connectivity index (χ1n) is 9.75. The number of Topliss-reactive ketones (excluding diaryl/α,β-unsaturated/α-hetero) is 1. The van der Waals surface area contributed by atoms with Gasteiger partial charge in [-0.1, -0.05) is 18.2 Å². The number of rotatable bonds is 3. The maximum absolute atomic E-state index is 12.5. The topological polar surface area (TPSA) is 62.5 Å². The molecule has 6 heteroatoms. The van der Waals surface area contributed by atoms with Crippen LogP contribution in [0.3, 0.4) is 0 Å². The van der Waals surface area contributed by atoms with E-state index in [9.17, 15) is 4.79 Å². The van der Waals surface area contributed by atoms with Crippen LogP contribution < -0.4 is 9.80 Å². The molecule has 28 heavy (non-hydrogen) atoms. The number of piperazine rings is 1. The lowest BCUT2D eigenvalue weighted by Gasteiger charge is -2.36. The van der Waals surface area contributed by atoms with Crippen LogP contribution in [0.2, 0.25) is 0 Å². The normalized spacial score (nSPS) is 19.6. The first kappa shape index (κ1) is 17.0. The molecular formula is C22H22N4O2. The van der Waals surface area contributed by atoms with Crippen molar-refractivity contribution >= 4 is 17.4 Å². The first-order valence-corrected chi connectivity index (χ1v) is 9.75. The molecule has 1 unspecified atom stereocenters. The van der Waals surface area contributed by atoms with Gasteiger partial charge >= 0.3 is 0 Å². The van der Waals surface area contributed by atoms with Crippen molar-refractivity contribution in [3.8, 4) is 0 Å². The van der Waals surface area contributed by atoms with Crippen LogP contribution in [0.5, 0.6) is 0 Å². The van der Waals surface area contributed by atoms with Gasteiger partial charge in [0, 0.05) is 56.8 Å². The summed E-state index contributed by atoms with van der Waals surface area (Å²) in [4.78, 5) is 26.4. The highest BCUT2D eigenvalue weighted by atomic mass is 16.3. The zero-order chi connectivity index (χ0) is 18.9. The summed E-state index contributed by atoms with van der Waals surface area (Å²) in [5.41, 5.74) is 2.75. The lowest BCUT2D eigenvalue weighted by atomic mass is 9.85. The number of furan rings is 1. The Labute approximate surface area is 163 Å². The molecule has 3 heterocycles. The molecule has 1 aliphatic heterocycles. The summed E-state index contributed by atoms with van der Waals surface area (Å²) in [6.45, 7) is 3.59. The Bertz CT molecular complexity index is 963. The minimum absolute atomic E-state index is 0.0627. The Balaban J connectivity index is 1.33. The summed E-state index contributed by atoms with van der Waals surface area (Å²) in [6, 6.07) is 14.3. The number of carbonyl (C=O) groups is 1. The van der Waals surface area contributed by atoms with Gasteiger partial charge in [0.2, 0.25) is 5.95 Å². The summed E-state index contributed by atoms with van der Waals surface area (Å²) >= 11 is 0. The van der Waals surface area contributed by atoms with Crippen LogP contribution in [0.25, 0.3) is 0 Å². The number of nitrogens with zero attached hydrogens (tertiary/aromatic N) is 4. The molecule has 0 radical (unpaired) electrons. The van der Waals surface area contributed by atoms with Gasteiger partial charge in [-0.15, -0.1) is 0 Å². The molecule has 1 atom stereocenters. The van der Waals surface area contributed by atoms with Crippen molar-refractivity contribution < 1.29 is 9.21 Å². The highest BCUT2D eigenvalue weighted by Gasteiger charge is 2.30. The van der Waals surface area contributed by atoms with Crippen molar-refractivity contribution in [3.05, 3.63) is 71.9 Å². The number of aromatic nitrogens is 2. The van der Waals surface area contributed by atoms with E-state index >= 15 is 0 Å². The zero-order valence-corrected chi connectivity index (χ0v) is 15.6. The number of hydrogen-bond acceptors (Lipinski definition) is 6. The summed E-state index contributed by atoms with van der Waals surface area (Å²) in [7, 11) is 0. The SMILES string of the molecule is O=C1CC(c2ccco2)Cc2nc(N3CCN(c4ccccc4)CC3)ncc21. The van der Waals surface area contributed by atoms with Crippen LogP contribution in [0, 0.1) is 0 Å². The Morgan fingerprint density at radius 3 is 2.46 bits per heavy atom. The molecule has 0 bridgehead atoms. The fourth-order valence-corrected chi connectivity index (χ4v) is 4.12. The maximum Gasteiger partial charge on any atom is 0.225 e. The number of hydrogen-bond donors (Lipinski definition) is 0. The zero-order valence-electron chi connectivity index (χ0n) is 15.6. The lowest BCUT2D eigenvalue weighted by Crippen LogP contribution is -2.47. The molecule has 0 amide bonds. The van der Waals surface area contributed by atoms with Crippen LogP contribution in [-0.4, -0.2) is 41.9 Å². The molecular weight excluding hydrogens is 352 g/mol. The molecule has 0 saturated carbocycles. The van der Waals surface area contributed by atoms with Crippen molar-refractivity contribution in [2.45, 2.75) is 18.8 Å². The van der Waals surface area contributed by atoms with Gasteiger partial charge in [-0.3, -0.25) is 4.79 Å². The predicted octanol–water partition coefficient (Wildman–Crippen LogP) is 3.31. The molecule has 1 saturated heterocycles. The quantitative estimate of drug-likeness (QED) is 0.701. The average molecular weight is 374 g/mol. The third-order valence-corrected chi connectivity index (χ3v) is 5.66. The van der Waals surface area contributed by atoms with E-state index in [0.717, 1.165) is 43.6 Å². The van der Waals surface area contributed by atoms with Crippen LogP contribution in [0.1, 0.15) is 34.2 Å². The first-order chi connectivity index (χ1) is 13.8. The molecule has 142 valence electrons. The number of anilines is 2. The lowest BCUT2D eigenvalue weighted by molar-refractivity contribution is 0.0958. The van der Waals surface area contributed by atoms with Crippen LogP contribution in [0.4, 0.5) is 11.6 Å². The van der Waals surface area contributed by atoms with Crippen LogP contribution in [-0.2, 0) is 6.42 Å². The monoisotopic (exact) mass is 374 g/mol. The smallest absolute Gasteiger partial charge is 0.225 e. The van der Waals surface area contributed by atoms with E-state index in [0.29, 0.717) is 18.4 Å². The molecule has 0 spiro atoms. The second kappa shape index (κ2) is 7.11. The Kier molecular flexibility index (Phi) is 4.31. The third kappa shape index (κ3) is 3.15. The maximum atomic E-state index is 12.5. The molecule has 1 aliphatic carbocycles. The summed E-state index contributed by atoms with van der Waals surface area (Å²) < 4.78 is 5.53. The van der Waals surface area contributed by atoms with Gasteiger partial charge < -0.3 is 14.2 Å². The van der Waals surface area contributed by atoms with Crippen LogP contribution >= 0.6 is 0 Å². The van der Waals surface area contributed by atoms with Crippen molar-refractivity contribution in [1.82, 2.24) is 9.97 Å². The minimum atomic E-state index is 0.0627. The second-order valence-corrected chi connectivity index (χ2v) is 7.38. The molecule has 1 aromatic carbocycles. The number of fused-ring (bicyclic) bond motifs is 1. The number of ketones is 1. The van der Waals surface area contributed by atoms with Gasteiger partial charge in [0.05, 0.1) is 17.5 Å². The second-order valence-electron chi connectivity index (χ2n) is 7.38. The van der Waals surface area contributed by atoms with E-state index in [1.54, 1.807) is 12.5 Å². The number of carbonyl (C=O) groups excluding carboxylic acids is 1. The Hall–Kier alpha value is -3.15. The molecule has 6 nitrogen and oxygen atoms in total. The van der Waals surface area contributed by atoms with Gasteiger partial charge in [0.25, 0.3) is 0 Å². The summed E-state index contributed by atoms with van der Waals surface area (Å²) in [6.07, 6.45) is 4.54. The van der Waals surface area contributed by atoms with E-state index in [4.69, 9.17) is 9.40 Å². The highest BCUT2D eigenvalue weighted by molar-refractivity contribution is 5.98. The fourth-order valence-electron chi connectivity index (χ4n) is 4.12. The predicted molar refractivity (Wildman–Crippen MR) is 107 cm³/mol. The van der Waals surface area contributed by atoms with Crippen molar-refractivity contribution in [3.63, 3.8) is 0 Å². The van der Waals surface area contributed by atoms with Gasteiger partial charge in [-0.05, 0) is 24.3 Å². The third-order valence-electron chi connectivity index (χ3n) is 5.66. The molecule has 2 aliphatic rings. The van der Waals surface area contributed by atoms with Gasteiger partial charge in [-0.2, -0.15) is 0 Å². The summed E-state index contributed by atoms with van der Waals surface area (Å²) in [5, 5.41) is 0. The van der Waals surface area contributed by atoms with E-state index in [1.165, 1.54) is 5.69 Å². The van der Waals surface area contributed by atoms with Gasteiger partial charge in [0.1, 0.15) is 5.76 Å². The fraction of sp³-hybridized carbons (Fsp3) is 0.318. The van der Waals surface area contributed by atoms with E-state index in [2.05, 4.69) is 39.0 Å². The average Bonchev–Trinajstić information content (AvgIpc) is 3.29. The number of para-hydroxylation sites is 1. The molecule has 3 aromatic rings. The largest absolute Gasteiger partial charge is 0.469 e. The van der Waals surface area contributed by atoms with Crippen molar-refractivity contribution in [1.29, 1.82) is 0 Å². The molecule has 5 rings (SSSR count). The van der Waals surface area contributed by atoms with Crippen molar-refractivity contribution in [2.24, 2.45) is 0 Å². The Morgan fingerprint density at radius 2 is 1.71 bits per heavy atom. The summed E-state index contributed by atoms with van der Waals surface area (Å²) in [5.74, 6) is 1.74. The van der Waals surface area contributed by atoms with E-state index in [-0.39, 0.29) is 11.7 Å². The van der Waals surface area contributed by atoms with Gasteiger partial charge in [-0.25, -0.2) is 9.97 Å². The standard InChI is InChI=1S/C22H22N4O2/c27-20-14-16(21-7-4-12-28-21)13-19-18(20)15-23-22(24-19)26-10-8-25(9-11-26)17-5-2-1-3-6-17/h1-7,12,15-16H,8-11,13-14H2. The number of benzene rings is 1. The van der Waals surface area contributed by atoms with E-state index in [1.807, 2.05) is 18.2 Å². The molecule has 1 fully saturated rings. The highest BCUT2D eigenvalue weighted by Crippen LogP contribution is 2.32. The minimum Gasteiger partial charge on any atom is -0.469 e.